The van der Waals surface area contributed by atoms with Crippen LogP contribution in [0.25, 0.3) is 0 Å². The summed E-state index contributed by atoms with van der Waals surface area (Å²) >= 11 is 0. The molecule has 0 spiro atoms. The fourth-order valence-corrected chi connectivity index (χ4v) is 3.95. The van der Waals surface area contributed by atoms with Crippen LogP contribution in [0.4, 0.5) is 32.0 Å². The predicted octanol–water partition coefficient (Wildman–Crippen LogP) is 2.96. The summed E-state index contributed by atoms with van der Waals surface area (Å²) in [6.07, 6.45) is -12.5. The number of amides is 1. The molecule has 2 aromatic rings. The average Bonchev–Trinajstić information content (AvgIpc) is 2.72. The maximum absolute atomic E-state index is 13.5. The number of nitrogens with two attached hydrogens (primary N) is 1. The van der Waals surface area contributed by atoms with Crippen molar-refractivity contribution < 1.29 is 44.3 Å². The van der Waals surface area contributed by atoms with Gasteiger partial charge in [0.15, 0.2) is 11.8 Å². The normalized spacial score (nSPS) is 20.2. The van der Waals surface area contributed by atoms with Gasteiger partial charge >= 0.3 is 12.4 Å². The monoisotopic (exact) mass is 512 g/mol. The van der Waals surface area contributed by atoms with Crippen LogP contribution in [0.3, 0.4) is 0 Å². The van der Waals surface area contributed by atoms with Gasteiger partial charge in [0.1, 0.15) is 0 Å². The Morgan fingerprint density at radius 3 is 2.41 bits per heavy atom. The second-order valence-corrected chi connectivity index (χ2v) is 8.97. The van der Waals surface area contributed by atoms with Gasteiger partial charge in [0.2, 0.25) is 10.0 Å². The van der Waals surface area contributed by atoms with Gasteiger partial charge in [-0.2, -0.15) is 26.3 Å². The van der Waals surface area contributed by atoms with Crippen LogP contribution < -0.4 is 10.1 Å². The van der Waals surface area contributed by atoms with Gasteiger partial charge in [-0.15, -0.1) is 0 Å². The number of ether oxygens (including phenoxy) is 1. The highest BCUT2D eigenvalue weighted by molar-refractivity contribution is 7.89. The maximum Gasteiger partial charge on any atom is 0.434 e. The van der Waals surface area contributed by atoms with Gasteiger partial charge in [-0.25, -0.2) is 23.6 Å². The van der Waals surface area contributed by atoms with Crippen molar-refractivity contribution in [2.75, 3.05) is 18.1 Å². The number of rotatable bonds is 4. The molecule has 1 aromatic carbocycles. The number of halogens is 6. The minimum absolute atomic E-state index is 0.316. The van der Waals surface area contributed by atoms with E-state index >= 15 is 0 Å². The summed E-state index contributed by atoms with van der Waals surface area (Å²) in [7, 11) is -4.31. The summed E-state index contributed by atoms with van der Waals surface area (Å²) < 4.78 is 109. The molecule has 8 nitrogen and oxygen atoms in total. The number of nitrogens with zero attached hydrogens (tertiary/aromatic N) is 3. The Kier molecular flexibility index (Phi) is 6.94. The molecule has 0 saturated carbocycles. The third-order valence-electron chi connectivity index (χ3n) is 4.78. The van der Waals surface area contributed by atoms with E-state index in [1.807, 2.05) is 0 Å². The van der Waals surface area contributed by atoms with Gasteiger partial charge in [0.05, 0.1) is 28.8 Å². The summed E-state index contributed by atoms with van der Waals surface area (Å²) in [4.78, 5) is 16.1. The summed E-state index contributed by atoms with van der Waals surface area (Å²) in [5, 5.41) is 6.51. The van der Waals surface area contributed by atoms with Crippen molar-refractivity contribution in [3.8, 4) is 0 Å². The molecule has 1 aromatic heterocycles. The van der Waals surface area contributed by atoms with Gasteiger partial charge in [-0.3, -0.25) is 9.78 Å². The first-order valence-corrected chi connectivity index (χ1v) is 11.1. The van der Waals surface area contributed by atoms with Crippen molar-refractivity contribution in [2.45, 2.75) is 36.4 Å². The summed E-state index contributed by atoms with van der Waals surface area (Å²) in [5.74, 6) is -1.37. The molecule has 2 heterocycles. The van der Waals surface area contributed by atoms with Crippen LogP contribution in [0, 0.1) is 0 Å². The van der Waals surface area contributed by atoms with E-state index in [-0.39, 0.29) is 12.2 Å². The molecule has 0 radical (unpaired) electrons. The molecular weight excluding hydrogens is 494 g/mol. The SMILES string of the molecule is C[C@H]1CN(N(C(=O)c2cccnc2C(F)(F)F)c2cccc(S(N)(=O)=O)c2)C[C@@H](C(F)(F)F)O1. The van der Waals surface area contributed by atoms with Crippen LogP contribution in [0.15, 0.2) is 47.5 Å². The minimum Gasteiger partial charge on any atom is -0.363 e. The molecule has 186 valence electrons. The summed E-state index contributed by atoms with van der Waals surface area (Å²) in [6, 6.07) is 6.11. The Morgan fingerprint density at radius 1 is 1.15 bits per heavy atom. The van der Waals surface area contributed by atoms with Crippen LogP contribution in [0.1, 0.15) is 23.0 Å². The van der Waals surface area contributed by atoms with E-state index in [0.717, 1.165) is 47.6 Å². The zero-order valence-electron chi connectivity index (χ0n) is 17.3. The van der Waals surface area contributed by atoms with Gasteiger partial charge in [-0.1, -0.05) is 6.07 Å². The van der Waals surface area contributed by atoms with Crippen molar-refractivity contribution in [3.63, 3.8) is 0 Å². The van der Waals surface area contributed by atoms with E-state index in [9.17, 15) is 39.6 Å². The van der Waals surface area contributed by atoms with E-state index in [1.165, 1.54) is 6.92 Å². The average molecular weight is 512 g/mol. The topological polar surface area (TPSA) is 106 Å². The lowest BCUT2D eigenvalue weighted by molar-refractivity contribution is -0.251. The number of morpholine rings is 1. The van der Waals surface area contributed by atoms with E-state index in [4.69, 9.17) is 9.88 Å². The Balaban J connectivity index is 2.17. The van der Waals surface area contributed by atoms with Gasteiger partial charge in [-0.05, 0) is 37.3 Å². The Labute approximate surface area is 189 Å². The number of anilines is 1. The highest BCUT2D eigenvalue weighted by Crippen LogP contribution is 2.34. The first-order valence-electron chi connectivity index (χ1n) is 9.55. The number of alkyl halides is 6. The molecule has 2 N–H and O–H groups in total. The van der Waals surface area contributed by atoms with Crippen molar-refractivity contribution >= 4 is 21.6 Å². The maximum atomic E-state index is 13.5. The lowest BCUT2D eigenvalue weighted by Crippen LogP contribution is -2.59. The summed E-state index contributed by atoms with van der Waals surface area (Å²) in [5.41, 5.74) is -2.82. The largest absolute Gasteiger partial charge is 0.434 e. The van der Waals surface area contributed by atoms with Gasteiger partial charge < -0.3 is 4.74 Å². The predicted molar refractivity (Wildman–Crippen MR) is 106 cm³/mol. The molecule has 15 heteroatoms. The lowest BCUT2D eigenvalue weighted by atomic mass is 10.1. The molecule has 0 bridgehead atoms. The number of aromatic nitrogens is 1. The quantitative estimate of drug-likeness (QED) is 0.632. The molecule has 1 fully saturated rings. The zero-order chi connectivity index (χ0) is 25.5. The van der Waals surface area contributed by atoms with Crippen LogP contribution in [0.2, 0.25) is 0 Å². The van der Waals surface area contributed by atoms with Crippen LogP contribution >= 0.6 is 0 Å². The van der Waals surface area contributed by atoms with E-state index in [1.54, 1.807) is 0 Å². The van der Waals surface area contributed by atoms with Crippen molar-refractivity contribution in [3.05, 3.63) is 53.9 Å². The molecule has 2 atom stereocenters. The van der Waals surface area contributed by atoms with Crippen LogP contribution in [-0.2, 0) is 20.9 Å². The minimum atomic E-state index is -5.05. The van der Waals surface area contributed by atoms with Crippen LogP contribution in [-0.4, -0.2) is 55.8 Å². The molecule has 1 aliphatic rings. The van der Waals surface area contributed by atoms with Gasteiger partial charge in [0.25, 0.3) is 5.91 Å². The Bertz CT molecular complexity index is 1170. The van der Waals surface area contributed by atoms with E-state index < -0.39 is 63.2 Å². The molecule has 1 aliphatic heterocycles. The number of pyridine rings is 1. The fourth-order valence-electron chi connectivity index (χ4n) is 3.39. The van der Waals surface area contributed by atoms with E-state index in [0.29, 0.717) is 5.01 Å². The first kappa shape index (κ1) is 25.9. The second-order valence-electron chi connectivity index (χ2n) is 7.41. The number of benzene rings is 1. The zero-order valence-corrected chi connectivity index (χ0v) is 18.2. The first-order chi connectivity index (χ1) is 15.6. The number of primary sulfonamides is 1. The van der Waals surface area contributed by atoms with Crippen LogP contribution in [0.5, 0.6) is 0 Å². The highest BCUT2D eigenvalue weighted by atomic mass is 32.2. The number of hydrazine groups is 1. The smallest absolute Gasteiger partial charge is 0.363 e. The third-order valence-corrected chi connectivity index (χ3v) is 5.69. The molecule has 34 heavy (non-hydrogen) atoms. The molecular formula is C19H18F6N4O4S. The van der Waals surface area contributed by atoms with Crippen molar-refractivity contribution in [2.24, 2.45) is 5.14 Å². The lowest BCUT2D eigenvalue weighted by Gasteiger charge is -2.43. The molecule has 3 rings (SSSR count). The second kappa shape index (κ2) is 9.13. The van der Waals surface area contributed by atoms with Crippen molar-refractivity contribution in [1.82, 2.24) is 9.99 Å². The third kappa shape index (κ3) is 5.65. The Morgan fingerprint density at radius 2 is 1.82 bits per heavy atom. The number of hydrogen-bond acceptors (Lipinski definition) is 6. The number of carbonyl (C=O) groups excluding carboxylic acids is 1. The fraction of sp³-hybridized carbons (Fsp3) is 0.368. The molecule has 0 unspecified atom stereocenters. The van der Waals surface area contributed by atoms with Crippen molar-refractivity contribution in [1.29, 1.82) is 0 Å². The number of hydrogen-bond donors (Lipinski definition) is 1. The van der Waals surface area contributed by atoms with E-state index in [2.05, 4.69) is 4.98 Å². The number of sulfonamides is 1. The molecule has 1 amide bonds. The molecule has 1 saturated heterocycles. The summed E-state index contributed by atoms with van der Waals surface area (Å²) in [6.45, 7) is 0.0276. The van der Waals surface area contributed by atoms with Gasteiger partial charge in [0, 0.05) is 12.7 Å². The Hall–Kier alpha value is -2.75. The standard InChI is InChI=1S/C19H18F6N4O4S/c1-11-9-28(10-15(33-11)18(20,21)22)29(12-4-2-5-13(8-12)34(26,31)32)17(30)14-6-3-7-27-16(14)19(23,24)25/h2-8,11,15H,9-10H2,1H3,(H2,26,31,32)/t11-,15-/m0/s1. The number of carbonyl (C=O) groups is 1. The molecule has 0 aliphatic carbocycles. The highest BCUT2D eigenvalue weighted by Gasteiger charge is 2.47.